The zero-order valence-corrected chi connectivity index (χ0v) is 11.9. The van der Waals surface area contributed by atoms with Gasteiger partial charge in [0.15, 0.2) is 6.29 Å². The van der Waals surface area contributed by atoms with Crippen LogP contribution in [0.5, 0.6) is 0 Å². The lowest BCUT2D eigenvalue weighted by molar-refractivity contribution is 0.112. The van der Waals surface area contributed by atoms with Crippen molar-refractivity contribution in [3.63, 3.8) is 0 Å². The van der Waals surface area contributed by atoms with Crippen LogP contribution in [0.3, 0.4) is 0 Å². The van der Waals surface area contributed by atoms with Gasteiger partial charge in [-0.3, -0.25) is 4.79 Å². The van der Waals surface area contributed by atoms with Crippen LogP contribution in [0.25, 0.3) is 0 Å². The largest absolute Gasteiger partial charge is 0.298 e. The van der Waals surface area contributed by atoms with Crippen LogP contribution in [-0.4, -0.2) is 16.1 Å². The summed E-state index contributed by atoms with van der Waals surface area (Å²) in [5, 5.41) is 4.89. The van der Waals surface area contributed by atoms with Gasteiger partial charge in [0, 0.05) is 0 Å². The molecule has 1 aromatic heterocycles. The summed E-state index contributed by atoms with van der Waals surface area (Å²) in [6, 6.07) is 9.95. The molecule has 0 amide bonds. The van der Waals surface area contributed by atoms with Gasteiger partial charge in [-0.2, -0.15) is 5.10 Å². The predicted octanol–water partition coefficient (Wildman–Crippen LogP) is 3.60. The smallest absolute Gasteiger partial charge is 0.155 e. The van der Waals surface area contributed by atoms with Crippen molar-refractivity contribution in [2.45, 2.75) is 26.8 Å². The number of halogens is 1. The summed E-state index contributed by atoms with van der Waals surface area (Å²) in [5.74, 6) is 0.440. The fourth-order valence-electron chi connectivity index (χ4n) is 2.02. The van der Waals surface area contributed by atoms with E-state index in [0.29, 0.717) is 23.2 Å². The zero-order chi connectivity index (χ0) is 13.8. The maximum Gasteiger partial charge on any atom is 0.155 e. The standard InChI is InChI=1S/C15H17ClN2O/c1-11(2)8-14-13(10-19)15(16)18(17-14)9-12-6-4-3-5-7-12/h3-7,10-11H,8-9H2,1-2H3. The summed E-state index contributed by atoms with van der Waals surface area (Å²) >= 11 is 6.23. The van der Waals surface area contributed by atoms with Gasteiger partial charge in [0.1, 0.15) is 5.15 Å². The van der Waals surface area contributed by atoms with Crippen molar-refractivity contribution in [1.82, 2.24) is 9.78 Å². The molecule has 1 heterocycles. The van der Waals surface area contributed by atoms with E-state index < -0.39 is 0 Å². The molecule has 3 nitrogen and oxygen atoms in total. The molecule has 100 valence electrons. The molecule has 2 aromatic rings. The molecule has 0 bridgehead atoms. The first-order valence-corrected chi connectivity index (χ1v) is 6.74. The van der Waals surface area contributed by atoms with E-state index in [0.717, 1.165) is 24.0 Å². The second-order valence-electron chi connectivity index (χ2n) is 5.01. The third-order valence-corrected chi connectivity index (χ3v) is 3.29. The summed E-state index contributed by atoms with van der Waals surface area (Å²) in [7, 11) is 0. The van der Waals surface area contributed by atoms with Crippen molar-refractivity contribution >= 4 is 17.9 Å². The summed E-state index contributed by atoms with van der Waals surface area (Å²) in [5.41, 5.74) is 2.41. The molecule has 1 aromatic carbocycles. The topological polar surface area (TPSA) is 34.9 Å². The number of rotatable bonds is 5. The first kappa shape index (κ1) is 13.8. The Labute approximate surface area is 118 Å². The van der Waals surface area contributed by atoms with Gasteiger partial charge in [-0.25, -0.2) is 4.68 Å². The minimum absolute atomic E-state index is 0.425. The molecule has 0 spiro atoms. The van der Waals surface area contributed by atoms with Crippen LogP contribution in [0, 0.1) is 5.92 Å². The molecule has 19 heavy (non-hydrogen) atoms. The molecule has 0 radical (unpaired) electrons. The first-order valence-electron chi connectivity index (χ1n) is 6.36. The van der Waals surface area contributed by atoms with Gasteiger partial charge in [0.2, 0.25) is 0 Å². The molecule has 0 unspecified atom stereocenters. The van der Waals surface area contributed by atoms with Crippen LogP contribution in [0.1, 0.15) is 35.5 Å². The second kappa shape index (κ2) is 6.02. The molecule has 0 atom stereocenters. The van der Waals surface area contributed by atoms with Crippen LogP contribution >= 0.6 is 11.6 Å². The molecule has 0 fully saturated rings. The van der Waals surface area contributed by atoms with Crippen molar-refractivity contribution in [3.8, 4) is 0 Å². The third-order valence-electron chi connectivity index (χ3n) is 2.90. The normalized spacial score (nSPS) is 10.9. The first-order chi connectivity index (χ1) is 9.11. The van der Waals surface area contributed by atoms with Gasteiger partial charge in [-0.05, 0) is 17.9 Å². The van der Waals surface area contributed by atoms with Crippen molar-refractivity contribution in [2.75, 3.05) is 0 Å². The molecular formula is C15H17ClN2O. The van der Waals surface area contributed by atoms with Gasteiger partial charge in [-0.15, -0.1) is 0 Å². The summed E-state index contributed by atoms with van der Waals surface area (Å²) in [6.45, 7) is 4.77. The van der Waals surface area contributed by atoms with Crippen LogP contribution in [0.15, 0.2) is 30.3 Å². The van der Waals surface area contributed by atoms with E-state index in [4.69, 9.17) is 11.6 Å². The van der Waals surface area contributed by atoms with Gasteiger partial charge < -0.3 is 0 Å². The van der Waals surface area contributed by atoms with Crippen LogP contribution in [-0.2, 0) is 13.0 Å². The zero-order valence-electron chi connectivity index (χ0n) is 11.1. The number of carbonyl (C=O) groups is 1. The maximum absolute atomic E-state index is 11.2. The Morgan fingerprint density at radius 1 is 1.32 bits per heavy atom. The number of benzene rings is 1. The molecule has 0 aliphatic heterocycles. The fourth-order valence-corrected chi connectivity index (χ4v) is 2.27. The van der Waals surface area contributed by atoms with Gasteiger partial charge in [0.25, 0.3) is 0 Å². The monoisotopic (exact) mass is 276 g/mol. The lowest BCUT2D eigenvalue weighted by Gasteiger charge is -2.03. The Balaban J connectivity index is 2.31. The number of nitrogens with zero attached hydrogens (tertiary/aromatic N) is 2. The molecular weight excluding hydrogens is 260 g/mol. The van der Waals surface area contributed by atoms with E-state index in [1.807, 2.05) is 30.3 Å². The second-order valence-corrected chi connectivity index (χ2v) is 5.37. The average Bonchev–Trinajstić information content (AvgIpc) is 2.66. The van der Waals surface area contributed by atoms with E-state index in [-0.39, 0.29) is 0 Å². The number of aromatic nitrogens is 2. The van der Waals surface area contributed by atoms with E-state index in [9.17, 15) is 4.79 Å². The molecule has 0 N–H and O–H groups in total. The predicted molar refractivity (Wildman–Crippen MR) is 76.7 cm³/mol. The lowest BCUT2D eigenvalue weighted by atomic mass is 10.1. The van der Waals surface area contributed by atoms with E-state index in [2.05, 4.69) is 18.9 Å². The number of hydrogen-bond acceptors (Lipinski definition) is 2. The minimum atomic E-state index is 0.425. The summed E-state index contributed by atoms with van der Waals surface area (Å²) in [6.07, 6.45) is 1.56. The highest BCUT2D eigenvalue weighted by Crippen LogP contribution is 2.21. The van der Waals surface area contributed by atoms with Gasteiger partial charge in [-0.1, -0.05) is 55.8 Å². The van der Waals surface area contributed by atoms with Crippen molar-refractivity contribution in [2.24, 2.45) is 5.92 Å². The molecule has 4 heteroatoms. The van der Waals surface area contributed by atoms with Crippen LogP contribution in [0.2, 0.25) is 5.15 Å². The quantitative estimate of drug-likeness (QED) is 0.782. The average molecular weight is 277 g/mol. The minimum Gasteiger partial charge on any atom is -0.298 e. The summed E-state index contributed by atoms with van der Waals surface area (Å²) < 4.78 is 1.69. The molecule has 0 saturated heterocycles. The van der Waals surface area contributed by atoms with Crippen LogP contribution < -0.4 is 0 Å². The highest BCUT2D eigenvalue weighted by molar-refractivity contribution is 6.32. The van der Waals surface area contributed by atoms with E-state index in [1.165, 1.54) is 0 Å². The van der Waals surface area contributed by atoms with Gasteiger partial charge >= 0.3 is 0 Å². The Hall–Kier alpha value is -1.61. The van der Waals surface area contributed by atoms with E-state index >= 15 is 0 Å². The van der Waals surface area contributed by atoms with E-state index in [1.54, 1.807) is 4.68 Å². The SMILES string of the molecule is CC(C)Cc1nn(Cc2ccccc2)c(Cl)c1C=O. The van der Waals surface area contributed by atoms with Crippen LogP contribution in [0.4, 0.5) is 0 Å². The highest BCUT2D eigenvalue weighted by atomic mass is 35.5. The van der Waals surface area contributed by atoms with Crippen molar-refractivity contribution in [1.29, 1.82) is 0 Å². The summed E-state index contributed by atoms with van der Waals surface area (Å²) in [4.78, 5) is 11.2. The lowest BCUT2D eigenvalue weighted by Crippen LogP contribution is -2.03. The highest BCUT2D eigenvalue weighted by Gasteiger charge is 2.16. The molecule has 0 aliphatic rings. The molecule has 0 saturated carbocycles. The fraction of sp³-hybridized carbons (Fsp3) is 0.333. The number of carbonyl (C=O) groups excluding carboxylic acids is 1. The van der Waals surface area contributed by atoms with Crippen molar-refractivity contribution < 1.29 is 4.79 Å². The Morgan fingerprint density at radius 3 is 2.58 bits per heavy atom. The maximum atomic E-state index is 11.2. The number of aldehydes is 1. The molecule has 2 rings (SSSR count). The Bertz CT molecular complexity index is 561. The van der Waals surface area contributed by atoms with Gasteiger partial charge in [0.05, 0.1) is 17.8 Å². The Morgan fingerprint density at radius 2 is 2.00 bits per heavy atom. The Kier molecular flexibility index (Phi) is 4.38. The third kappa shape index (κ3) is 3.24. The molecule has 0 aliphatic carbocycles. The van der Waals surface area contributed by atoms with Crippen molar-refractivity contribution in [3.05, 3.63) is 52.3 Å². The number of hydrogen-bond donors (Lipinski definition) is 0.